The lowest BCUT2D eigenvalue weighted by molar-refractivity contribution is -0.137. The fourth-order valence-corrected chi connectivity index (χ4v) is 2.64. The fourth-order valence-electron chi connectivity index (χ4n) is 2.64. The van der Waals surface area contributed by atoms with Crippen LogP contribution in [0.25, 0.3) is 0 Å². The lowest BCUT2D eigenvalue weighted by atomic mass is 10.0. The van der Waals surface area contributed by atoms with Crippen molar-refractivity contribution >= 4 is 12.0 Å². The van der Waals surface area contributed by atoms with Crippen molar-refractivity contribution in [1.29, 1.82) is 0 Å². The molecule has 0 saturated carbocycles. The van der Waals surface area contributed by atoms with Gasteiger partial charge in [-0.3, -0.25) is 4.79 Å². The topological polar surface area (TPSA) is 69.6 Å². The van der Waals surface area contributed by atoms with Crippen LogP contribution in [0.5, 0.6) is 0 Å². The molecule has 5 nitrogen and oxygen atoms in total. The van der Waals surface area contributed by atoms with Gasteiger partial charge in [0.25, 0.3) is 0 Å². The van der Waals surface area contributed by atoms with Gasteiger partial charge in [0, 0.05) is 26.1 Å². The summed E-state index contributed by atoms with van der Waals surface area (Å²) in [6.07, 6.45) is 0.893. The molecule has 2 N–H and O–H groups in total. The van der Waals surface area contributed by atoms with Crippen molar-refractivity contribution in [2.75, 3.05) is 7.05 Å². The third-order valence-corrected chi connectivity index (χ3v) is 4.04. The molecule has 0 radical (unpaired) electrons. The van der Waals surface area contributed by atoms with Crippen LogP contribution in [0, 0.1) is 5.82 Å². The molecule has 0 fully saturated rings. The van der Waals surface area contributed by atoms with Crippen molar-refractivity contribution in [3.05, 3.63) is 71.5 Å². The molecule has 1 atom stereocenters. The molecule has 0 aliphatic heterocycles. The zero-order valence-electron chi connectivity index (χ0n) is 14.7. The first kappa shape index (κ1) is 19.4. The van der Waals surface area contributed by atoms with Gasteiger partial charge in [0.1, 0.15) is 5.82 Å². The molecular weight excluding hydrogens is 335 g/mol. The largest absolute Gasteiger partial charge is 0.481 e. The summed E-state index contributed by atoms with van der Waals surface area (Å²) in [4.78, 5) is 24.8. The minimum atomic E-state index is -0.892. The van der Waals surface area contributed by atoms with Gasteiger partial charge < -0.3 is 15.3 Å². The third kappa shape index (κ3) is 6.55. The number of halogens is 1. The summed E-state index contributed by atoms with van der Waals surface area (Å²) < 4.78 is 13.0. The molecule has 2 aromatic rings. The van der Waals surface area contributed by atoms with Crippen molar-refractivity contribution in [3.8, 4) is 0 Å². The van der Waals surface area contributed by atoms with Crippen LogP contribution in [0.3, 0.4) is 0 Å². The molecule has 1 unspecified atom stereocenters. The van der Waals surface area contributed by atoms with Crippen molar-refractivity contribution in [1.82, 2.24) is 10.2 Å². The standard InChI is InChI=1S/C20H23FN2O3/c1-23(14-16-7-9-17(21)10-8-16)20(26)22-18(11-12-19(24)25)13-15-5-3-2-4-6-15/h2-10,18H,11-14H2,1H3,(H,22,26)(H,24,25). The number of urea groups is 1. The molecule has 0 saturated heterocycles. The van der Waals surface area contributed by atoms with E-state index >= 15 is 0 Å². The summed E-state index contributed by atoms with van der Waals surface area (Å²) in [5.41, 5.74) is 1.85. The molecule has 0 spiro atoms. The first-order chi connectivity index (χ1) is 12.4. The van der Waals surface area contributed by atoms with Gasteiger partial charge in [0.15, 0.2) is 0 Å². The van der Waals surface area contributed by atoms with Gasteiger partial charge in [-0.2, -0.15) is 0 Å². The molecule has 2 rings (SSSR count). The summed E-state index contributed by atoms with van der Waals surface area (Å²) in [6, 6.07) is 15.0. The van der Waals surface area contributed by atoms with Crippen LogP contribution < -0.4 is 5.32 Å². The predicted molar refractivity (Wildman–Crippen MR) is 97.2 cm³/mol. The third-order valence-electron chi connectivity index (χ3n) is 4.04. The number of aliphatic carboxylic acids is 1. The normalized spacial score (nSPS) is 11.6. The van der Waals surface area contributed by atoms with E-state index in [1.54, 1.807) is 19.2 Å². The molecular formula is C20H23FN2O3. The van der Waals surface area contributed by atoms with E-state index in [9.17, 15) is 14.0 Å². The van der Waals surface area contributed by atoms with Gasteiger partial charge in [0.2, 0.25) is 0 Å². The van der Waals surface area contributed by atoms with Gasteiger partial charge in [-0.1, -0.05) is 42.5 Å². The number of benzene rings is 2. The average Bonchev–Trinajstić information content (AvgIpc) is 2.62. The second kappa shape index (κ2) is 9.56. The highest BCUT2D eigenvalue weighted by Gasteiger charge is 2.17. The molecule has 0 aliphatic carbocycles. The van der Waals surface area contributed by atoms with E-state index in [1.165, 1.54) is 17.0 Å². The number of carboxylic acids is 1. The second-order valence-corrected chi connectivity index (χ2v) is 6.25. The summed E-state index contributed by atoms with van der Waals surface area (Å²) in [5, 5.41) is 11.8. The number of carbonyl (C=O) groups excluding carboxylic acids is 1. The van der Waals surface area contributed by atoms with Crippen LogP contribution in [0.2, 0.25) is 0 Å². The molecule has 2 amide bonds. The molecule has 0 heterocycles. The number of rotatable bonds is 8. The van der Waals surface area contributed by atoms with E-state index in [1.807, 2.05) is 30.3 Å². The molecule has 138 valence electrons. The fraction of sp³-hybridized carbons (Fsp3) is 0.300. The molecule has 26 heavy (non-hydrogen) atoms. The van der Waals surface area contributed by atoms with E-state index in [-0.39, 0.29) is 24.3 Å². The van der Waals surface area contributed by atoms with Gasteiger partial charge in [0.05, 0.1) is 0 Å². The minimum absolute atomic E-state index is 0.0144. The van der Waals surface area contributed by atoms with Crippen LogP contribution in [-0.4, -0.2) is 35.1 Å². The Morgan fingerprint density at radius 3 is 2.35 bits per heavy atom. The Kier molecular flexibility index (Phi) is 7.14. The Morgan fingerprint density at radius 1 is 1.08 bits per heavy atom. The quantitative estimate of drug-likeness (QED) is 0.759. The summed E-state index contributed by atoms with van der Waals surface area (Å²) in [6.45, 7) is 0.336. The van der Waals surface area contributed by atoms with Gasteiger partial charge in [-0.05, 0) is 36.1 Å². The Hall–Kier alpha value is -2.89. The Morgan fingerprint density at radius 2 is 1.73 bits per heavy atom. The monoisotopic (exact) mass is 358 g/mol. The highest BCUT2D eigenvalue weighted by Crippen LogP contribution is 2.10. The number of hydrogen-bond donors (Lipinski definition) is 2. The van der Waals surface area contributed by atoms with Crippen LogP contribution in [0.15, 0.2) is 54.6 Å². The average molecular weight is 358 g/mol. The minimum Gasteiger partial charge on any atom is -0.481 e. The molecule has 0 bridgehead atoms. The lowest BCUT2D eigenvalue weighted by Gasteiger charge is -2.23. The van der Waals surface area contributed by atoms with E-state index < -0.39 is 5.97 Å². The van der Waals surface area contributed by atoms with Crippen LogP contribution >= 0.6 is 0 Å². The van der Waals surface area contributed by atoms with Crippen LogP contribution in [-0.2, 0) is 17.8 Å². The van der Waals surface area contributed by atoms with E-state index in [0.717, 1.165) is 11.1 Å². The SMILES string of the molecule is CN(Cc1ccc(F)cc1)C(=O)NC(CCC(=O)O)Cc1ccccc1. The number of hydrogen-bond acceptors (Lipinski definition) is 2. The maximum Gasteiger partial charge on any atom is 0.317 e. The number of nitrogens with zero attached hydrogens (tertiary/aromatic N) is 1. The molecule has 0 aliphatic rings. The first-order valence-electron chi connectivity index (χ1n) is 8.46. The van der Waals surface area contributed by atoms with Crippen LogP contribution in [0.4, 0.5) is 9.18 Å². The number of amides is 2. The van der Waals surface area contributed by atoms with E-state index in [2.05, 4.69) is 5.32 Å². The van der Waals surface area contributed by atoms with Crippen molar-refractivity contribution in [3.63, 3.8) is 0 Å². The van der Waals surface area contributed by atoms with Crippen molar-refractivity contribution in [2.45, 2.75) is 31.8 Å². The Labute approximate surface area is 152 Å². The van der Waals surface area contributed by atoms with Gasteiger partial charge in [-0.15, -0.1) is 0 Å². The lowest BCUT2D eigenvalue weighted by Crippen LogP contribution is -2.44. The van der Waals surface area contributed by atoms with Crippen molar-refractivity contribution in [2.24, 2.45) is 0 Å². The predicted octanol–water partition coefficient (Wildman–Crippen LogP) is 3.44. The highest BCUT2D eigenvalue weighted by molar-refractivity contribution is 5.74. The zero-order valence-corrected chi connectivity index (χ0v) is 14.7. The summed E-state index contributed by atoms with van der Waals surface area (Å²) in [5.74, 6) is -1.21. The summed E-state index contributed by atoms with van der Waals surface area (Å²) in [7, 11) is 1.65. The highest BCUT2D eigenvalue weighted by atomic mass is 19.1. The maximum atomic E-state index is 13.0. The van der Waals surface area contributed by atoms with Crippen LogP contribution in [0.1, 0.15) is 24.0 Å². The number of nitrogens with one attached hydrogen (secondary N) is 1. The maximum absolute atomic E-state index is 13.0. The molecule has 0 aromatic heterocycles. The Balaban J connectivity index is 1.96. The number of carboxylic acid groups (broad SMARTS) is 1. The number of carbonyl (C=O) groups is 2. The van der Waals surface area contributed by atoms with Gasteiger partial charge >= 0.3 is 12.0 Å². The summed E-state index contributed by atoms with van der Waals surface area (Å²) >= 11 is 0. The van der Waals surface area contributed by atoms with E-state index in [4.69, 9.17) is 5.11 Å². The molecule has 2 aromatic carbocycles. The van der Waals surface area contributed by atoms with Gasteiger partial charge in [-0.25, -0.2) is 9.18 Å². The smallest absolute Gasteiger partial charge is 0.317 e. The first-order valence-corrected chi connectivity index (χ1v) is 8.46. The van der Waals surface area contributed by atoms with Crippen molar-refractivity contribution < 1.29 is 19.1 Å². The second-order valence-electron chi connectivity index (χ2n) is 6.25. The zero-order chi connectivity index (χ0) is 18.9. The Bertz CT molecular complexity index is 720. The van der Waals surface area contributed by atoms with E-state index in [0.29, 0.717) is 19.4 Å². The molecule has 6 heteroatoms.